The first kappa shape index (κ1) is 26.5. The average molecular weight is 487 g/mol. The van der Waals surface area contributed by atoms with Crippen LogP contribution in [0.5, 0.6) is 5.88 Å². The molecule has 2 rings (SSSR count). The summed E-state index contributed by atoms with van der Waals surface area (Å²) in [4.78, 5) is 36.6. The van der Waals surface area contributed by atoms with Crippen molar-refractivity contribution in [1.29, 1.82) is 0 Å². The summed E-state index contributed by atoms with van der Waals surface area (Å²) in [6.45, 7) is 10.0. The highest BCUT2D eigenvalue weighted by Crippen LogP contribution is 2.26. The minimum absolute atomic E-state index is 0.00282. The summed E-state index contributed by atoms with van der Waals surface area (Å²) >= 11 is 1.02. The highest BCUT2D eigenvalue weighted by molar-refractivity contribution is 6.99. The van der Waals surface area contributed by atoms with E-state index in [1.807, 2.05) is 25.7 Å². The summed E-state index contributed by atoms with van der Waals surface area (Å²) in [7, 11) is 0. The molecule has 2 atom stereocenters. The molecule has 0 bridgehead atoms. The molecule has 0 radical (unpaired) electrons. The van der Waals surface area contributed by atoms with Crippen LogP contribution in [0.25, 0.3) is 0 Å². The van der Waals surface area contributed by atoms with Gasteiger partial charge in [0.1, 0.15) is 12.7 Å². The zero-order valence-corrected chi connectivity index (χ0v) is 19.9. The summed E-state index contributed by atoms with van der Waals surface area (Å²) in [5.74, 6) is -2.10. The van der Waals surface area contributed by atoms with Gasteiger partial charge in [-0.15, -0.1) is 4.37 Å². The lowest BCUT2D eigenvalue weighted by Gasteiger charge is -2.28. The largest absolute Gasteiger partial charge is 0.478 e. The molecule has 13 heteroatoms. The van der Waals surface area contributed by atoms with Crippen LogP contribution in [-0.4, -0.2) is 89.0 Å². The molecule has 1 aromatic heterocycles. The quantitative estimate of drug-likeness (QED) is 0.333. The molecule has 33 heavy (non-hydrogen) atoms. The molecule has 1 fully saturated rings. The van der Waals surface area contributed by atoms with Crippen LogP contribution in [-0.2, 0) is 28.6 Å². The van der Waals surface area contributed by atoms with E-state index in [-0.39, 0.29) is 18.7 Å². The lowest BCUT2D eigenvalue weighted by Crippen LogP contribution is -2.45. The Morgan fingerprint density at radius 2 is 1.91 bits per heavy atom. The first-order chi connectivity index (χ1) is 15.5. The van der Waals surface area contributed by atoms with Crippen LogP contribution in [0.2, 0.25) is 0 Å². The molecule has 1 aliphatic rings. The van der Waals surface area contributed by atoms with Gasteiger partial charge in [0.2, 0.25) is 5.82 Å². The number of aliphatic carboxylic acids is 1. The number of carbonyl (C=O) groups is 3. The summed E-state index contributed by atoms with van der Waals surface area (Å²) in [5, 5.41) is 11.8. The predicted octanol–water partition coefficient (Wildman–Crippen LogP) is 0.626. The van der Waals surface area contributed by atoms with Gasteiger partial charge in [-0.3, -0.25) is 0 Å². The third-order valence-electron chi connectivity index (χ3n) is 4.29. The Balaban J connectivity index is 1.98. The topological polar surface area (TPSA) is 149 Å². The molecule has 1 saturated heterocycles. The van der Waals surface area contributed by atoms with Crippen LogP contribution >= 0.6 is 11.7 Å². The number of aromatic nitrogens is 2. The number of hydrogen-bond donors (Lipinski definition) is 2. The van der Waals surface area contributed by atoms with E-state index < -0.39 is 30.1 Å². The number of morpholine rings is 1. The number of carboxylic acid groups (broad SMARTS) is 1. The zero-order chi connectivity index (χ0) is 24.4. The Morgan fingerprint density at radius 1 is 1.21 bits per heavy atom. The van der Waals surface area contributed by atoms with E-state index >= 15 is 0 Å². The lowest BCUT2D eigenvalue weighted by atomic mass is 10.1. The van der Waals surface area contributed by atoms with E-state index in [4.69, 9.17) is 24.1 Å². The number of ether oxygens (including phenoxy) is 4. The van der Waals surface area contributed by atoms with Gasteiger partial charge in [-0.25, -0.2) is 14.4 Å². The SMILES string of the molecule is C[C@H](OC(=O)/C=C\C(=O)O)C(=O)O[C@@H](CNC(C)(C)C)COc1nsnc1N1CCOCC1. The first-order valence-electron chi connectivity index (χ1n) is 10.4. The number of carbonyl (C=O) groups excluding carboxylic acids is 2. The van der Waals surface area contributed by atoms with Crippen molar-refractivity contribution in [3.8, 4) is 5.88 Å². The molecule has 0 aromatic carbocycles. The number of carboxylic acids is 1. The van der Waals surface area contributed by atoms with Crippen molar-refractivity contribution in [1.82, 2.24) is 14.1 Å². The summed E-state index contributed by atoms with van der Waals surface area (Å²) in [5.41, 5.74) is -0.245. The Morgan fingerprint density at radius 3 is 2.55 bits per heavy atom. The van der Waals surface area contributed by atoms with Crippen LogP contribution in [0.1, 0.15) is 27.7 Å². The van der Waals surface area contributed by atoms with Gasteiger partial charge in [-0.05, 0) is 27.7 Å². The number of hydrogen-bond acceptors (Lipinski definition) is 12. The predicted molar refractivity (Wildman–Crippen MR) is 118 cm³/mol. The van der Waals surface area contributed by atoms with Gasteiger partial charge in [-0.1, -0.05) is 0 Å². The number of rotatable bonds is 11. The highest BCUT2D eigenvalue weighted by atomic mass is 32.1. The lowest BCUT2D eigenvalue weighted by molar-refractivity contribution is -0.168. The van der Waals surface area contributed by atoms with Gasteiger partial charge in [0.15, 0.2) is 6.10 Å². The molecule has 0 aliphatic carbocycles. The minimum atomic E-state index is -1.30. The Hall–Kier alpha value is -2.77. The maximum absolute atomic E-state index is 12.5. The second kappa shape index (κ2) is 12.5. The third-order valence-corrected chi connectivity index (χ3v) is 4.79. The van der Waals surface area contributed by atoms with E-state index in [2.05, 4.69) is 14.1 Å². The normalized spacial score (nSPS) is 16.3. The second-order valence-electron chi connectivity index (χ2n) is 8.24. The van der Waals surface area contributed by atoms with E-state index in [0.717, 1.165) is 17.8 Å². The molecule has 1 aliphatic heterocycles. The maximum atomic E-state index is 12.5. The van der Waals surface area contributed by atoms with E-state index in [0.29, 0.717) is 44.1 Å². The fourth-order valence-corrected chi connectivity index (χ4v) is 3.14. The number of esters is 2. The molecule has 0 unspecified atom stereocenters. The number of anilines is 1. The monoisotopic (exact) mass is 486 g/mol. The smallest absolute Gasteiger partial charge is 0.347 e. The van der Waals surface area contributed by atoms with E-state index in [1.165, 1.54) is 6.92 Å². The van der Waals surface area contributed by atoms with Crippen molar-refractivity contribution in [2.45, 2.75) is 45.4 Å². The molecule has 12 nitrogen and oxygen atoms in total. The van der Waals surface area contributed by atoms with Crippen molar-refractivity contribution in [3.05, 3.63) is 12.2 Å². The van der Waals surface area contributed by atoms with Gasteiger partial charge in [0.05, 0.1) is 24.9 Å². The minimum Gasteiger partial charge on any atom is -0.478 e. The van der Waals surface area contributed by atoms with Gasteiger partial charge >= 0.3 is 17.9 Å². The van der Waals surface area contributed by atoms with Crippen molar-refractivity contribution in [3.63, 3.8) is 0 Å². The first-order valence-corrected chi connectivity index (χ1v) is 11.1. The molecule has 1 aromatic rings. The van der Waals surface area contributed by atoms with Crippen LogP contribution in [0.4, 0.5) is 5.82 Å². The third kappa shape index (κ3) is 9.72. The van der Waals surface area contributed by atoms with Crippen molar-refractivity contribution in [2.24, 2.45) is 0 Å². The van der Waals surface area contributed by atoms with Crippen molar-refractivity contribution >= 4 is 35.5 Å². The molecule has 184 valence electrons. The molecular weight excluding hydrogens is 456 g/mol. The van der Waals surface area contributed by atoms with Gasteiger partial charge in [-0.2, -0.15) is 4.37 Å². The number of nitrogens with one attached hydrogen (secondary N) is 1. The summed E-state index contributed by atoms with van der Waals surface area (Å²) in [6, 6.07) is 0. The molecule has 0 spiro atoms. The van der Waals surface area contributed by atoms with Crippen LogP contribution < -0.4 is 15.0 Å². The molecule has 2 N–H and O–H groups in total. The summed E-state index contributed by atoms with van der Waals surface area (Å²) in [6.07, 6.45) is -0.612. The van der Waals surface area contributed by atoms with Crippen molar-refractivity contribution in [2.75, 3.05) is 44.4 Å². The molecule has 0 saturated carbocycles. The fraction of sp³-hybridized carbons (Fsp3) is 0.650. The molecular formula is C20H30N4O8S. The Kier molecular flexibility index (Phi) is 10.0. The van der Waals surface area contributed by atoms with Gasteiger partial charge < -0.3 is 34.3 Å². The fourth-order valence-electron chi connectivity index (χ4n) is 2.62. The Bertz CT molecular complexity index is 832. The molecule has 0 amide bonds. The van der Waals surface area contributed by atoms with Crippen molar-refractivity contribution < 1.29 is 38.4 Å². The zero-order valence-electron chi connectivity index (χ0n) is 19.1. The number of nitrogens with zero attached hydrogens (tertiary/aromatic N) is 3. The maximum Gasteiger partial charge on any atom is 0.347 e. The highest BCUT2D eigenvalue weighted by Gasteiger charge is 2.26. The Labute approximate surface area is 196 Å². The van der Waals surface area contributed by atoms with Crippen LogP contribution in [0, 0.1) is 0 Å². The standard InChI is InChI=1S/C20H30N4O8S/c1-13(31-16(27)6-5-15(25)26)19(28)32-14(11-21-20(2,3)4)12-30-18-17(22-33-23-18)24-7-9-29-10-8-24/h5-6,13-14,21H,7-12H2,1-4H3,(H,25,26)/b6-5-/t13-,14-/m0/s1. The van der Waals surface area contributed by atoms with E-state index in [1.54, 1.807) is 0 Å². The van der Waals surface area contributed by atoms with Crippen LogP contribution in [0.3, 0.4) is 0 Å². The van der Waals surface area contributed by atoms with E-state index in [9.17, 15) is 14.4 Å². The summed E-state index contributed by atoms with van der Waals surface area (Å²) < 4.78 is 30.1. The van der Waals surface area contributed by atoms with Gasteiger partial charge in [0.25, 0.3) is 5.88 Å². The van der Waals surface area contributed by atoms with Gasteiger partial charge in [0, 0.05) is 37.3 Å². The second-order valence-corrected chi connectivity index (χ2v) is 8.77. The van der Waals surface area contributed by atoms with Crippen LogP contribution in [0.15, 0.2) is 12.2 Å². The molecule has 2 heterocycles. The average Bonchev–Trinajstić information content (AvgIpc) is 3.22.